The fourth-order valence-electron chi connectivity index (χ4n) is 3.81. The molecule has 150 valence electrons. The number of rotatable bonds is 7. The van der Waals surface area contributed by atoms with Crippen LogP contribution in [-0.4, -0.2) is 27.4 Å². The van der Waals surface area contributed by atoms with Gasteiger partial charge in [-0.3, -0.25) is 4.79 Å². The Morgan fingerprint density at radius 2 is 1.61 bits per heavy atom. The molecule has 1 amide bonds. The molecule has 0 bridgehead atoms. The maximum Gasteiger partial charge on any atom is 0.240 e. The third kappa shape index (κ3) is 5.42. The first-order chi connectivity index (χ1) is 13.5. The molecule has 28 heavy (non-hydrogen) atoms. The molecule has 0 spiro atoms. The number of aryl methyl sites for hydroxylation is 1. The lowest BCUT2D eigenvalue weighted by Gasteiger charge is -2.29. The lowest BCUT2D eigenvalue weighted by Crippen LogP contribution is -2.37. The standard InChI is InChI=1S/C22H28N2O3S/c1-23-28(26,27)21-14-7-17(8-15-21)9-16-22(25)24-20-12-10-19(11-13-20)18-5-3-2-4-6-18/h2-8,14-15,19-20,23H,9-13,16H2,1H3,(H,24,25). The molecule has 3 rings (SSSR count). The topological polar surface area (TPSA) is 75.3 Å². The molecule has 5 nitrogen and oxygen atoms in total. The number of benzene rings is 2. The maximum atomic E-state index is 12.3. The van der Waals surface area contributed by atoms with Gasteiger partial charge in [0.15, 0.2) is 0 Å². The van der Waals surface area contributed by atoms with Crippen molar-refractivity contribution >= 4 is 15.9 Å². The second-order valence-corrected chi connectivity index (χ2v) is 9.26. The van der Waals surface area contributed by atoms with E-state index in [-0.39, 0.29) is 16.8 Å². The molecule has 2 aromatic carbocycles. The summed E-state index contributed by atoms with van der Waals surface area (Å²) in [7, 11) is -2.03. The average Bonchev–Trinajstić information content (AvgIpc) is 2.74. The summed E-state index contributed by atoms with van der Waals surface area (Å²) in [5, 5.41) is 3.16. The molecular weight excluding hydrogens is 372 g/mol. The van der Waals surface area contributed by atoms with Crippen LogP contribution in [0.5, 0.6) is 0 Å². The number of nitrogens with one attached hydrogen (secondary N) is 2. The minimum atomic E-state index is -3.42. The molecule has 2 N–H and O–H groups in total. The summed E-state index contributed by atoms with van der Waals surface area (Å²) < 4.78 is 25.8. The van der Waals surface area contributed by atoms with Gasteiger partial charge in [-0.2, -0.15) is 0 Å². The number of amides is 1. The van der Waals surface area contributed by atoms with E-state index in [1.54, 1.807) is 24.3 Å². The minimum Gasteiger partial charge on any atom is -0.353 e. The lowest BCUT2D eigenvalue weighted by molar-refractivity contribution is -0.122. The third-order valence-corrected chi connectivity index (χ3v) is 6.94. The largest absolute Gasteiger partial charge is 0.353 e. The Labute approximate surface area is 167 Å². The van der Waals surface area contributed by atoms with E-state index in [2.05, 4.69) is 34.3 Å². The van der Waals surface area contributed by atoms with E-state index in [1.807, 2.05) is 6.07 Å². The number of carbonyl (C=O) groups is 1. The summed E-state index contributed by atoms with van der Waals surface area (Å²) in [6, 6.07) is 17.5. The molecule has 1 fully saturated rings. The molecule has 6 heteroatoms. The Bertz CT molecular complexity index is 872. The second kappa shape index (κ2) is 9.34. The van der Waals surface area contributed by atoms with Crippen molar-refractivity contribution < 1.29 is 13.2 Å². The molecule has 2 aromatic rings. The van der Waals surface area contributed by atoms with Gasteiger partial charge in [-0.25, -0.2) is 13.1 Å². The van der Waals surface area contributed by atoms with Crippen LogP contribution in [0.1, 0.15) is 49.1 Å². The lowest BCUT2D eigenvalue weighted by atomic mass is 9.82. The zero-order valence-corrected chi connectivity index (χ0v) is 17.0. The van der Waals surface area contributed by atoms with Crippen molar-refractivity contribution in [1.82, 2.24) is 10.0 Å². The monoisotopic (exact) mass is 400 g/mol. The SMILES string of the molecule is CNS(=O)(=O)c1ccc(CCC(=O)NC2CCC(c3ccccc3)CC2)cc1. The quantitative estimate of drug-likeness (QED) is 0.748. The average molecular weight is 401 g/mol. The molecule has 0 atom stereocenters. The molecule has 0 heterocycles. The van der Waals surface area contributed by atoms with Gasteiger partial charge in [-0.15, -0.1) is 0 Å². The Balaban J connectivity index is 1.43. The predicted octanol–water partition coefficient (Wildman–Crippen LogP) is 3.37. The van der Waals surface area contributed by atoms with Crippen molar-refractivity contribution in [3.05, 3.63) is 65.7 Å². The summed E-state index contributed by atoms with van der Waals surface area (Å²) in [5.74, 6) is 0.664. The van der Waals surface area contributed by atoms with Crippen LogP contribution in [0.25, 0.3) is 0 Å². The first-order valence-electron chi connectivity index (χ1n) is 9.85. The smallest absolute Gasteiger partial charge is 0.240 e. The fraction of sp³-hybridized carbons (Fsp3) is 0.409. The van der Waals surface area contributed by atoms with E-state index in [9.17, 15) is 13.2 Å². The van der Waals surface area contributed by atoms with Crippen LogP contribution in [0, 0.1) is 0 Å². The summed E-state index contributed by atoms with van der Waals surface area (Å²) in [4.78, 5) is 12.5. The summed E-state index contributed by atoms with van der Waals surface area (Å²) in [6.45, 7) is 0. The molecule has 1 aliphatic carbocycles. The van der Waals surface area contributed by atoms with Gasteiger partial charge in [0, 0.05) is 12.5 Å². The van der Waals surface area contributed by atoms with Gasteiger partial charge in [0.25, 0.3) is 0 Å². The number of sulfonamides is 1. The van der Waals surface area contributed by atoms with Gasteiger partial charge in [-0.05, 0) is 68.3 Å². The van der Waals surface area contributed by atoms with Gasteiger partial charge in [0.2, 0.25) is 15.9 Å². The Kier molecular flexibility index (Phi) is 6.86. The number of hydrogen-bond acceptors (Lipinski definition) is 3. The Morgan fingerprint density at radius 1 is 0.964 bits per heavy atom. The van der Waals surface area contributed by atoms with Crippen LogP contribution in [0.3, 0.4) is 0 Å². The fourth-order valence-corrected chi connectivity index (χ4v) is 4.54. The van der Waals surface area contributed by atoms with E-state index in [4.69, 9.17) is 0 Å². The zero-order chi connectivity index (χ0) is 20.0. The molecule has 0 radical (unpaired) electrons. The highest BCUT2D eigenvalue weighted by Gasteiger charge is 2.23. The van der Waals surface area contributed by atoms with Gasteiger partial charge in [0.1, 0.15) is 0 Å². The number of carbonyl (C=O) groups excluding carboxylic acids is 1. The van der Waals surface area contributed by atoms with E-state index in [0.29, 0.717) is 18.8 Å². The minimum absolute atomic E-state index is 0.0649. The molecule has 0 saturated heterocycles. The molecule has 1 aliphatic rings. The third-order valence-electron chi connectivity index (χ3n) is 5.51. The molecule has 0 aliphatic heterocycles. The van der Waals surface area contributed by atoms with E-state index in [0.717, 1.165) is 31.2 Å². The van der Waals surface area contributed by atoms with Gasteiger partial charge in [-0.1, -0.05) is 42.5 Å². The Morgan fingerprint density at radius 3 is 2.21 bits per heavy atom. The highest BCUT2D eigenvalue weighted by atomic mass is 32.2. The molecule has 0 aromatic heterocycles. The summed E-state index contributed by atoms with van der Waals surface area (Å²) in [5.41, 5.74) is 2.36. The predicted molar refractivity (Wildman–Crippen MR) is 111 cm³/mol. The van der Waals surface area contributed by atoms with Crippen molar-refractivity contribution in [3.8, 4) is 0 Å². The van der Waals surface area contributed by atoms with Gasteiger partial charge >= 0.3 is 0 Å². The van der Waals surface area contributed by atoms with Crippen molar-refractivity contribution in [1.29, 1.82) is 0 Å². The Hall–Kier alpha value is -2.18. The van der Waals surface area contributed by atoms with Crippen LogP contribution in [0.4, 0.5) is 0 Å². The van der Waals surface area contributed by atoms with Crippen molar-refractivity contribution in [2.45, 2.75) is 55.4 Å². The summed E-state index contributed by atoms with van der Waals surface area (Å²) in [6.07, 6.45) is 5.26. The molecular formula is C22H28N2O3S. The molecule has 0 unspecified atom stereocenters. The van der Waals surface area contributed by atoms with E-state index in [1.165, 1.54) is 12.6 Å². The van der Waals surface area contributed by atoms with E-state index < -0.39 is 10.0 Å². The van der Waals surface area contributed by atoms with Crippen LogP contribution in [-0.2, 0) is 21.2 Å². The van der Waals surface area contributed by atoms with Crippen molar-refractivity contribution in [3.63, 3.8) is 0 Å². The first-order valence-corrected chi connectivity index (χ1v) is 11.3. The summed E-state index contributed by atoms with van der Waals surface area (Å²) >= 11 is 0. The van der Waals surface area contributed by atoms with Crippen molar-refractivity contribution in [2.75, 3.05) is 7.05 Å². The first kappa shape index (κ1) is 20.6. The number of hydrogen-bond donors (Lipinski definition) is 2. The zero-order valence-electron chi connectivity index (χ0n) is 16.2. The van der Waals surface area contributed by atoms with Crippen LogP contribution >= 0.6 is 0 Å². The highest BCUT2D eigenvalue weighted by Crippen LogP contribution is 2.32. The molecule has 1 saturated carbocycles. The van der Waals surface area contributed by atoms with Gasteiger partial charge in [0.05, 0.1) is 4.90 Å². The van der Waals surface area contributed by atoms with Crippen molar-refractivity contribution in [2.24, 2.45) is 0 Å². The van der Waals surface area contributed by atoms with Crippen LogP contribution in [0.15, 0.2) is 59.5 Å². The normalized spacial score (nSPS) is 19.9. The second-order valence-electron chi connectivity index (χ2n) is 7.38. The van der Waals surface area contributed by atoms with Crippen LogP contribution < -0.4 is 10.0 Å². The van der Waals surface area contributed by atoms with E-state index >= 15 is 0 Å². The highest BCUT2D eigenvalue weighted by molar-refractivity contribution is 7.89. The van der Waals surface area contributed by atoms with Crippen LogP contribution in [0.2, 0.25) is 0 Å². The van der Waals surface area contributed by atoms with Gasteiger partial charge < -0.3 is 5.32 Å². The maximum absolute atomic E-state index is 12.3.